The maximum absolute atomic E-state index is 10.2. The fourth-order valence-corrected chi connectivity index (χ4v) is 1.26. The van der Waals surface area contributed by atoms with Crippen LogP contribution < -0.4 is 0 Å². The van der Waals surface area contributed by atoms with Gasteiger partial charge in [-0.15, -0.1) is 0 Å². The van der Waals surface area contributed by atoms with E-state index in [0.717, 1.165) is 11.1 Å². The van der Waals surface area contributed by atoms with Crippen molar-refractivity contribution in [3.05, 3.63) is 41.5 Å². The van der Waals surface area contributed by atoms with Crippen molar-refractivity contribution in [1.82, 2.24) is 0 Å². The standard InChI is InChI=1S/C11H11ClO2/c1-14-8-9-2-4-10(5-3-9)11(12)6-7-13/h2-7H,8H2,1H3. The summed E-state index contributed by atoms with van der Waals surface area (Å²) in [5.74, 6) is 0. The van der Waals surface area contributed by atoms with E-state index in [1.807, 2.05) is 24.3 Å². The number of benzene rings is 1. The molecule has 0 N–H and O–H groups in total. The van der Waals surface area contributed by atoms with Gasteiger partial charge in [-0.1, -0.05) is 35.9 Å². The second kappa shape index (κ2) is 5.58. The molecule has 0 saturated carbocycles. The fraction of sp³-hybridized carbons (Fsp3) is 0.182. The van der Waals surface area contributed by atoms with Crippen LogP contribution in [0.5, 0.6) is 0 Å². The molecule has 0 aliphatic carbocycles. The quantitative estimate of drug-likeness (QED) is 0.564. The van der Waals surface area contributed by atoms with Gasteiger partial charge >= 0.3 is 0 Å². The summed E-state index contributed by atoms with van der Waals surface area (Å²) in [5.41, 5.74) is 1.91. The van der Waals surface area contributed by atoms with Crippen molar-refractivity contribution in [2.75, 3.05) is 7.11 Å². The highest BCUT2D eigenvalue weighted by Crippen LogP contribution is 2.18. The van der Waals surface area contributed by atoms with Gasteiger partial charge in [0.25, 0.3) is 0 Å². The van der Waals surface area contributed by atoms with Crippen LogP contribution in [0.1, 0.15) is 11.1 Å². The lowest BCUT2D eigenvalue weighted by Crippen LogP contribution is -1.87. The molecule has 14 heavy (non-hydrogen) atoms. The zero-order valence-corrected chi connectivity index (χ0v) is 8.62. The van der Waals surface area contributed by atoms with Crippen LogP contribution in [0.4, 0.5) is 0 Å². The van der Waals surface area contributed by atoms with Crippen molar-refractivity contribution in [1.29, 1.82) is 0 Å². The highest BCUT2D eigenvalue weighted by atomic mass is 35.5. The van der Waals surface area contributed by atoms with E-state index in [2.05, 4.69) is 0 Å². The molecule has 0 amide bonds. The van der Waals surface area contributed by atoms with E-state index in [1.165, 1.54) is 6.08 Å². The molecule has 0 saturated heterocycles. The Balaban J connectivity index is 2.82. The number of ether oxygens (including phenoxy) is 1. The first kappa shape index (κ1) is 11.0. The number of carbonyl (C=O) groups is 1. The van der Waals surface area contributed by atoms with Gasteiger partial charge in [0.2, 0.25) is 0 Å². The lowest BCUT2D eigenvalue weighted by Gasteiger charge is -2.01. The second-order valence-electron chi connectivity index (χ2n) is 2.78. The Morgan fingerprint density at radius 3 is 2.57 bits per heavy atom. The van der Waals surface area contributed by atoms with Crippen molar-refractivity contribution in [3.63, 3.8) is 0 Å². The molecule has 0 radical (unpaired) electrons. The third-order valence-corrected chi connectivity index (χ3v) is 2.10. The van der Waals surface area contributed by atoms with Crippen LogP contribution in [0.3, 0.4) is 0 Å². The number of aldehydes is 1. The number of hydrogen-bond acceptors (Lipinski definition) is 2. The van der Waals surface area contributed by atoms with Crippen LogP contribution >= 0.6 is 11.6 Å². The monoisotopic (exact) mass is 210 g/mol. The van der Waals surface area contributed by atoms with E-state index in [1.54, 1.807) is 7.11 Å². The number of rotatable bonds is 4. The minimum atomic E-state index is 0.448. The lowest BCUT2D eigenvalue weighted by atomic mass is 10.1. The van der Waals surface area contributed by atoms with E-state index in [9.17, 15) is 4.79 Å². The topological polar surface area (TPSA) is 26.3 Å². The van der Waals surface area contributed by atoms with Gasteiger partial charge in [-0.05, 0) is 17.2 Å². The molecule has 0 fully saturated rings. The lowest BCUT2D eigenvalue weighted by molar-refractivity contribution is -0.104. The SMILES string of the molecule is COCc1ccc(C(Cl)=CC=O)cc1. The first-order chi connectivity index (χ1) is 6.77. The Bertz CT molecular complexity index is 328. The number of halogens is 1. The summed E-state index contributed by atoms with van der Waals surface area (Å²) in [4.78, 5) is 10.2. The van der Waals surface area contributed by atoms with Crippen molar-refractivity contribution in [2.24, 2.45) is 0 Å². The number of hydrogen-bond donors (Lipinski definition) is 0. The number of allylic oxidation sites excluding steroid dienone is 1. The van der Waals surface area contributed by atoms with Crippen molar-refractivity contribution >= 4 is 22.9 Å². The minimum absolute atomic E-state index is 0.448. The maximum atomic E-state index is 10.2. The number of methoxy groups -OCH3 is 1. The molecular weight excluding hydrogens is 200 g/mol. The van der Waals surface area contributed by atoms with Gasteiger partial charge in [0.1, 0.15) is 6.29 Å². The summed E-state index contributed by atoms with van der Waals surface area (Å²) in [6, 6.07) is 7.55. The average Bonchev–Trinajstić information content (AvgIpc) is 2.20. The molecule has 0 spiro atoms. The molecule has 0 bridgehead atoms. The molecule has 0 aromatic heterocycles. The van der Waals surface area contributed by atoms with Crippen molar-refractivity contribution in [3.8, 4) is 0 Å². The third-order valence-electron chi connectivity index (χ3n) is 1.76. The van der Waals surface area contributed by atoms with Crippen LogP contribution in [0, 0.1) is 0 Å². The zero-order valence-electron chi connectivity index (χ0n) is 7.87. The van der Waals surface area contributed by atoms with Crippen molar-refractivity contribution in [2.45, 2.75) is 6.61 Å². The normalized spacial score (nSPS) is 11.4. The molecule has 1 aromatic rings. The molecule has 0 unspecified atom stereocenters. The van der Waals surface area contributed by atoms with Crippen LogP contribution in [-0.2, 0) is 16.1 Å². The van der Waals surface area contributed by atoms with Crippen LogP contribution in [0.15, 0.2) is 30.3 Å². The molecule has 2 nitrogen and oxygen atoms in total. The summed E-state index contributed by atoms with van der Waals surface area (Å²) >= 11 is 5.83. The first-order valence-electron chi connectivity index (χ1n) is 4.17. The third kappa shape index (κ3) is 2.98. The molecule has 0 atom stereocenters. The second-order valence-corrected chi connectivity index (χ2v) is 3.19. The Morgan fingerprint density at radius 2 is 2.07 bits per heavy atom. The van der Waals surface area contributed by atoms with Crippen LogP contribution in [0.25, 0.3) is 5.03 Å². The van der Waals surface area contributed by atoms with Crippen molar-refractivity contribution < 1.29 is 9.53 Å². The van der Waals surface area contributed by atoms with E-state index < -0.39 is 0 Å². The van der Waals surface area contributed by atoms with Gasteiger partial charge in [-0.25, -0.2) is 0 Å². The molecule has 74 valence electrons. The molecule has 3 heteroatoms. The zero-order chi connectivity index (χ0) is 10.4. The Kier molecular flexibility index (Phi) is 4.36. The van der Waals surface area contributed by atoms with E-state index >= 15 is 0 Å². The highest BCUT2D eigenvalue weighted by molar-refractivity contribution is 6.49. The predicted molar refractivity (Wildman–Crippen MR) is 57.0 cm³/mol. The summed E-state index contributed by atoms with van der Waals surface area (Å²) in [6.07, 6.45) is 2.00. The first-order valence-corrected chi connectivity index (χ1v) is 4.55. The molecule has 0 aliphatic heterocycles. The Morgan fingerprint density at radius 1 is 1.43 bits per heavy atom. The molecular formula is C11H11ClO2. The number of carbonyl (C=O) groups excluding carboxylic acids is 1. The molecule has 0 aliphatic rings. The highest BCUT2D eigenvalue weighted by Gasteiger charge is 1.97. The average molecular weight is 211 g/mol. The summed E-state index contributed by atoms with van der Waals surface area (Å²) in [5, 5.41) is 0.448. The van der Waals surface area contributed by atoms with Gasteiger partial charge < -0.3 is 4.74 Å². The van der Waals surface area contributed by atoms with Crippen LogP contribution in [-0.4, -0.2) is 13.4 Å². The van der Waals surface area contributed by atoms with Gasteiger partial charge in [-0.3, -0.25) is 4.79 Å². The van der Waals surface area contributed by atoms with Gasteiger partial charge in [0, 0.05) is 7.11 Å². The molecule has 1 rings (SSSR count). The summed E-state index contributed by atoms with van der Waals surface area (Å²) < 4.78 is 4.97. The molecule has 0 heterocycles. The fourth-order valence-electron chi connectivity index (χ4n) is 1.08. The smallest absolute Gasteiger partial charge is 0.144 e. The summed E-state index contributed by atoms with van der Waals surface area (Å²) in [6.45, 7) is 0.579. The Hall–Kier alpha value is -1.12. The van der Waals surface area contributed by atoms with E-state index in [4.69, 9.17) is 16.3 Å². The summed E-state index contributed by atoms with van der Waals surface area (Å²) in [7, 11) is 1.65. The Labute approximate surface area is 88.1 Å². The van der Waals surface area contributed by atoms with E-state index in [-0.39, 0.29) is 0 Å². The van der Waals surface area contributed by atoms with E-state index in [0.29, 0.717) is 17.9 Å². The molecule has 1 aromatic carbocycles. The van der Waals surface area contributed by atoms with Crippen LogP contribution in [0.2, 0.25) is 0 Å². The van der Waals surface area contributed by atoms with Gasteiger partial charge in [-0.2, -0.15) is 0 Å². The predicted octanol–water partition coefficient (Wildman–Crippen LogP) is 2.61. The van der Waals surface area contributed by atoms with Gasteiger partial charge in [0.15, 0.2) is 0 Å². The van der Waals surface area contributed by atoms with Gasteiger partial charge in [0.05, 0.1) is 11.6 Å². The maximum Gasteiger partial charge on any atom is 0.144 e. The largest absolute Gasteiger partial charge is 0.380 e. The minimum Gasteiger partial charge on any atom is -0.380 e.